The molecule has 2 amide bonds. The molecule has 0 saturated heterocycles. The van der Waals surface area contributed by atoms with E-state index in [9.17, 15) is 9.59 Å². The van der Waals surface area contributed by atoms with Crippen molar-refractivity contribution in [2.45, 2.75) is 20.8 Å². The van der Waals surface area contributed by atoms with Crippen molar-refractivity contribution in [3.63, 3.8) is 0 Å². The number of rotatable bonds is 11. The lowest BCUT2D eigenvalue weighted by atomic mass is 10.1. The maximum Gasteiger partial charge on any atom is 0.254 e. The summed E-state index contributed by atoms with van der Waals surface area (Å²) < 4.78 is 22.1. The van der Waals surface area contributed by atoms with E-state index < -0.39 is 0 Å². The van der Waals surface area contributed by atoms with Gasteiger partial charge in [0.2, 0.25) is 11.7 Å². The van der Waals surface area contributed by atoms with Gasteiger partial charge in [0.25, 0.3) is 5.91 Å². The minimum absolute atomic E-state index is 0.119. The summed E-state index contributed by atoms with van der Waals surface area (Å²) in [7, 11) is 3.14. The molecule has 1 N–H and O–H groups in total. The van der Waals surface area contributed by atoms with Crippen LogP contribution in [0.3, 0.4) is 0 Å². The summed E-state index contributed by atoms with van der Waals surface area (Å²) in [5.41, 5.74) is 0.958. The lowest BCUT2D eigenvalue weighted by Crippen LogP contribution is -2.35. The van der Waals surface area contributed by atoms with Crippen molar-refractivity contribution in [2.75, 3.05) is 45.8 Å². The number of nitrogens with zero attached hydrogens (tertiary/aromatic N) is 1. The predicted octanol–water partition coefficient (Wildman–Crippen LogP) is 3.60. The molecule has 0 heterocycles. The average Bonchev–Trinajstić information content (AvgIpc) is 2.76. The van der Waals surface area contributed by atoms with Crippen LogP contribution in [0.1, 0.15) is 31.1 Å². The standard InChI is InChI=1S/C23H30N2O6/c1-6-29-19-13-16(14-20(30-7-2)22(19)31-8-3)23(27)25(4)15-21(26)24-17-9-11-18(28-5)12-10-17/h9-14H,6-8,15H2,1-5H3,(H,24,26). The third kappa shape index (κ3) is 6.53. The fourth-order valence-electron chi connectivity index (χ4n) is 2.89. The van der Waals surface area contributed by atoms with Crippen LogP contribution in [0.5, 0.6) is 23.0 Å². The van der Waals surface area contributed by atoms with Crippen LogP contribution >= 0.6 is 0 Å². The number of benzene rings is 2. The number of ether oxygens (including phenoxy) is 4. The number of hydrogen-bond acceptors (Lipinski definition) is 6. The molecular formula is C23H30N2O6. The van der Waals surface area contributed by atoms with Gasteiger partial charge in [-0.15, -0.1) is 0 Å². The fraction of sp³-hybridized carbons (Fsp3) is 0.391. The lowest BCUT2D eigenvalue weighted by Gasteiger charge is -2.20. The smallest absolute Gasteiger partial charge is 0.254 e. The number of likely N-dealkylation sites (N-methyl/N-ethyl adjacent to an activating group) is 1. The van der Waals surface area contributed by atoms with E-state index in [1.165, 1.54) is 4.90 Å². The number of amides is 2. The van der Waals surface area contributed by atoms with E-state index in [2.05, 4.69) is 5.32 Å². The Balaban J connectivity index is 2.16. The van der Waals surface area contributed by atoms with E-state index in [4.69, 9.17) is 18.9 Å². The fourth-order valence-corrected chi connectivity index (χ4v) is 2.89. The van der Waals surface area contributed by atoms with Gasteiger partial charge in [-0.1, -0.05) is 0 Å². The molecule has 31 heavy (non-hydrogen) atoms. The number of methoxy groups -OCH3 is 1. The molecule has 0 atom stereocenters. The number of carbonyl (C=O) groups excluding carboxylic acids is 2. The van der Waals surface area contributed by atoms with E-state index in [1.54, 1.807) is 50.6 Å². The summed E-state index contributed by atoms with van der Waals surface area (Å²) in [5, 5.41) is 2.76. The first-order valence-corrected chi connectivity index (χ1v) is 10.2. The van der Waals surface area contributed by atoms with Crippen LogP contribution in [0.25, 0.3) is 0 Å². The molecule has 168 valence electrons. The molecule has 8 heteroatoms. The second-order valence-corrected chi connectivity index (χ2v) is 6.54. The maximum atomic E-state index is 13.0. The van der Waals surface area contributed by atoms with Gasteiger partial charge in [0, 0.05) is 18.3 Å². The summed E-state index contributed by atoms with van der Waals surface area (Å²) in [6.45, 7) is 6.68. The molecular weight excluding hydrogens is 400 g/mol. The number of anilines is 1. The Kier molecular flexibility index (Phi) is 8.99. The summed E-state index contributed by atoms with van der Waals surface area (Å²) in [6.07, 6.45) is 0. The summed E-state index contributed by atoms with van der Waals surface area (Å²) in [6, 6.07) is 10.2. The highest BCUT2D eigenvalue weighted by Crippen LogP contribution is 2.39. The zero-order valence-electron chi connectivity index (χ0n) is 18.7. The highest BCUT2D eigenvalue weighted by Gasteiger charge is 2.21. The monoisotopic (exact) mass is 430 g/mol. The summed E-state index contributed by atoms with van der Waals surface area (Å²) in [4.78, 5) is 26.7. The van der Waals surface area contributed by atoms with E-state index >= 15 is 0 Å². The zero-order chi connectivity index (χ0) is 22.8. The first-order chi connectivity index (χ1) is 14.9. The minimum atomic E-state index is -0.338. The molecule has 8 nitrogen and oxygen atoms in total. The Bertz CT molecular complexity index is 855. The topological polar surface area (TPSA) is 86.3 Å². The van der Waals surface area contributed by atoms with E-state index in [0.29, 0.717) is 54.1 Å². The molecule has 0 aliphatic heterocycles. The number of carbonyl (C=O) groups is 2. The quantitative estimate of drug-likeness (QED) is 0.586. The van der Waals surface area contributed by atoms with E-state index in [0.717, 1.165) is 0 Å². The van der Waals surface area contributed by atoms with Crippen molar-refractivity contribution in [3.05, 3.63) is 42.0 Å². The highest BCUT2D eigenvalue weighted by atomic mass is 16.5. The maximum absolute atomic E-state index is 13.0. The summed E-state index contributed by atoms with van der Waals surface area (Å²) >= 11 is 0. The molecule has 0 bridgehead atoms. The molecule has 0 aromatic heterocycles. The molecule has 2 rings (SSSR count). The van der Waals surface area contributed by atoms with Crippen molar-refractivity contribution >= 4 is 17.5 Å². The highest BCUT2D eigenvalue weighted by molar-refractivity contribution is 6.00. The minimum Gasteiger partial charge on any atom is -0.497 e. The van der Waals surface area contributed by atoms with Crippen molar-refractivity contribution in [1.82, 2.24) is 4.90 Å². The number of hydrogen-bond donors (Lipinski definition) is 1. The van der Waals surface area contributed by atoms with Crippen LogP contribution < -0.4 is 24.3 Å². The number of nitrogens with one attached hydrogen (secondary N) is 1. The van der Waals surface area contributed by atoms with Gasteiger partial charge < -0.3 is 29.2 Å². The summed E-state index contributed by atoms with van der Waals surface area (Å²) in [5.74, 6) is 1.35. The van der Waals surface area contributed by atoms with Gasteiger partial charge in [0.15, 0.2) is 11.5 Å². The van der Waals surface area contributed by atoms with Crippen LogP contribution in [0.4, 0.5) is 5.69 Å². The van der Waals surface area contributed by atoms with Gasteiger partial charge in [0.1, 0.15) is 5.75 Å². The normalized spacial score (nSPS) is 10.2. The first kappa shape index (κ1) is 23.9. The molecule has 0 saturated carbocycles. The van der Waals surface area contributed by atoms with Crippen LogP contribution in [0, 0.1) is 0 Å². The van der Waals surface area contributed by atoms with E-state index in [1.807, 2.05) is 20.8 Å². The lowest BCUT2D eigenvalue weighted by molar-refractivity contribution is -0.116. The molecule has 0 unspecified atom stereocenters. The molecule has 0 fully saturated rings. The Labute approximate surface area is 183 Å². The predicted molar refractivity (Wildman–Crippen MR) is 119 cm³/mol. The Morgan fingerprint density at radius 3 is 1.94 bits per heavy atom. The van der Waals surface area contributed by atoms with Gasteiger partial charge in [0.05, 0.1) is 33.5 Å². The Hall–Kier alpha value is -3.42. The molecule has 0 aliphatic carbocycles. The second-order valence-electron chi connectivity index (χ2n) is 6.54. The van der Waals surface area contributed by atoms with Crippen LogP contribution in [0.2, 0.25) is 0 Å². The van der Waals surface area contributed by atoms with Crippen molar-refractivity contribution in [2.24, 2.45) is 0 Å². The van der Waals surface area contributed by atoms with Crippen LogP contribution in [-0.4, -0.2) is 57.2 Å². The van der Waals surface area contributed by atoms with Crippen LogP contribution in [0.15, 0.2) is 36.4 Å². The molecule has 2 aromatic rings. The van der Waals surface area contributed by atoms with Gasteiger partial charge in [-0.05, 0) is 57.2 Å². The van der Waals surface area contributed by atoms with Crippen molar-refractivity contribution in [1.29, 1.82) is 0 Å². The largest absolute Gasteiger partial charge is 0.497 e. The first-order valence-electron chi connectivity index (χ1n) is 10.2. The Morgan fingerprint density at radius 1 is 0.903 bits per heavy atom. The molecule has 0 radical (unpaired) electrons. The van der Waals surface area contributed by atoms with Crippen LogP contribution in [-0.2, 0) is 4.79 Å². The average molecular weight is 431 g/mol. The zero-order valence-corrected chi connectivity index (χ0v) is 18.7. The van der Waals surface area contributed by atoms with Gasteiger partial charge >= 0.3 is 0 Å². The third-order valence-corrected chi connectivity index (χ3v) is 4.26. The second kappa shape index (κ2) is 11.7. The van der Waals surface area contributed by atoms with Crippen molar-refractivity contribution < 1.29 is 28.5 Å². The SMILES string of the molecule is CCOc1cc(C(=O)N(C)CC(=O)Nc2ccc(OC)cc2)cc(OCC)c1OCC. The molecule has 0 spiro atoms. The van der Waals surface area contributed by atoms with Gasteiger partial charge in [-0.3, -0.25) is 9.59 Å². The third-order valence-electron chi connectivity index (χ3n) is 4.26. The van der Waals surface area contributed by atoms with Gasteiger partial charge in [-0.25, -0.2) is 0 Å². The Morgan fingerprint density at radius 2 is 1.45 bits per heavy atom. The van der Waals surface area contributed by atoms with Gasteiger partial charge in [-0.2, -0.15) is 0 Å². The van der Waals surface area contributed by atoms with Crippen molar-refractivity contribution in [3.8, 4) is 23.0 Å². The van der Waals surface area contributed by atoms with E-state index in [-0.39, 0.29) is 18.4 Å². The molecule has 2 aromatic carbocycles. The molecule has 0 aliphatic rings.